The van der Waals surface area contributed by atoms with E-state index in [0.717, 1.165) is 11.1 Å². The molecule has 3 atom stereocenters. The summed E-state index contributed by atoms with van der Waals surface area (Å²) in [5.74, 6) is -0.272. The van der Waals surface area contributed by atoms with E-state index < -0.39 is 40.3 Å². The van der Waals surface area contributed by atoms with Crippen LogP contribution in [-0.4, -0.2) is 72.7 Å². The second kappa shape index (κ2) is 13.7. The highest BCUT2D eigenvalue weighted by Gasteiger charge is 2.39. The van der Waals surface area contributed by atoms with Crippen molar-refractivity contribution in [3.8, 4) is 0 Å². The molecule has 0 radical (unpaired) electrons. The fourth-order valence-electron chi connectivity index (χ4n) is 4.67. The van der Waals surface area contributed by atoms with Gasteiger partial charge in [0.05, 0.1) is 23.6 Å². The van der Waals surface area contributed by atoms with Crippen LogP contribution in [0.4, 0.5) is 10.6 Å². The number of nitrogens with zero attached hydrogens (tertiary/aromatic N) is 3. The molecule has 1 saturated heterocycles. The van der Waals surface area contributed by atoms with E-state index in [-0.39, 0.29) is 36.9 Å². The number of sulfonamides is 1. The summed E-state index contributed by atoms with van der Waals surface area (Å²) < 4.78 is 33.9. The SMILES string of the molecule is C=Cc1ccc(S(=O)(=O)N(CC(C)C)C[C@@H](O)[C@H](Cc2ccccc2)NC(=O)[C@@H]2CN(c3ccccn3)C(=O)O2)cc1. The molecule has 1 aromatic heterocycles. The van der Waals surface area contributed by atoms with Crippen LogP contribution in [0.2, 0.25) is 0 Å². The van der Waals surface area contributed by atoms with Gasteiger partial charge in [0.25, 0.3) is 5.91 Å². The maximum Gasteiger partial charge on any atom is 0.416 e. The highest BCUT2D eigenvalue weighted by molar-refractivity contribution is 7.89. The first-order valence-corrected chi connectivity index (χ1v) is 15.2. The van der Waals surface area contributed by atoms with E-state index in [9.17, 15) is 23.1 Å². The Kier molecular flexibility index (Phi) is 10.1. The van der Waals surface area contributed by atoms with E-state index in [1.165, 1.54) is 27.5 Å². The molecule has 2 heterocycles. The van der Waals surface area contributed by atoms with Crippen molar-refractivity contribution >= 4 is 33.9 Å². The number of carbonyl (C=O) groups is 2. The number of hydrogen-bond donors (Lipinski definition) is 2. The lowest BCUT2D eigenvalue weighted by molar-refractivity contribution is -0.129. The molecule has 0 bridgehead atoms. The molecule has 2 aromatic carbocycles. The van der Waals surface area contributed by atoms with Crippen molar-refractivity contribution in [3.05, 3.63) is 96.7 Å². The number of nitrogens with one attached hydrogen (secondary N) is 1. The molecule has 3 aromatic rings. The molecule has 42 heavy (non-hydrogen) atoms. The topological polar surface area (TPSA) is 129 Å². The fraction of sp³-hybridized carbons (Fsp3) is 0.323. The number of ether oxygens (including phenoxy) is 1. The summed E-state index contributed by atoms with van der Waals surface area (Å²) in [5.41, 5.74) is 1.61. The third kappa shape index (κ3) is 7.61. The predicted molar refractivity (Wildman–Crippen MR) is 160 cm³/mol. The van der Waals surface area contributed by atoms with Gasteiger partial charge in [-0.3, -0.25) is 9.69 Å². The Morgan fingerprint density at radius 1 is 1.12 bits per heavy atom. The molecule has 2 N–H and O–H groups in total. The number of aromatic nitrogens is 1. The summed E-state index contributed by atoms with van der Waals surface area (Å²) >= 11 is 0. The molecule has 0 unspecified atom stereocenters. The van der Waals surface area contributed by atoms with E-state index in [2.05, 4.69) is 16.9 Å². The number of cyclic esters (lactones) is 1. The first-order valence-electron chi connectivity index (χ1n) is 13.7. The van der Waals surface area contributed by atoms with Gasteiger partial charge in [0.2, 0.25) is 10.0 Å². The standard InChI is InChI=1S/C31H36N4O6S/c1-4-23-13-15-25(16-14-23)42(39,40)34(19-22(2)3)20-27(36)26(18-24-10-6-5-7-11-24)33-30(37)28-21-35(31(38)41-28)29-12-8-9-17-32-29/h4-17,22,26-28,36H,1,18-21H2,2-3H3,(H,33,37)/t26-,27+,28-/m0/s1. The van der Waals surface area contributed by atoms with Crippen molar-refractivity contribution < 1.29 is 27.9 Å². The van der Waals surface area contributed by atoms with Gasteiger partial charge >= 0.3 is 6.09 Å². The second-order valence-corrected chi connectivity index (χ2v) is 12.5. The van der Waals surface area contributed by atoms with E-state index in [1.54, 1.807) is 36.4 Å². The van der Waals surface area contributed by atoms with Gasteiger partial charge in [-0.2, -0.15) is 4.31 Å². The quantitative estimate of drug-likeness (QED) is 0.311. The zero-order valence-corrected chi connectivity index (χ0v) is 24.5. The normalized spacial score (nSPS) is 16.7. The van der Waals surface area contributed by atoms with E-state index in [0.29, 0.717) is 5.82 Å². The van der Waals surface area contributed by atoms with E-state index >= 15 is 0 Å². The van der Waals surface area contributed by atoms with Crippen LogP contribution in [0.25, 0.3) is 6.08 Å². The Bertz CT molecular complexity index is 1470. The summed E-state index contributed by atoms with van der Waals surface area (Å²) in [5, 5.41) is 14.3. The van der Waals surface area contributed by atoms with E-state index in [4.69, 9.17) is 4.74 Å². The van der Waals surface area contributed by atoms with Gasteiger partial charge in [-0.1, -0.05) is 75.0 Å². The van der Waals surface area contributed by atoms with Gasteiger partial charge in [-0.25, -0.2) is 18.2 Å². The molecular weight excluding hydrogens is 556 g/mol. The molecule has 2 amide bonds. The summed E-state index contributed by atoms with van der Waals surface area (Å²) in [6.07, 6.45) is 0.267. The number of pyridine rings is 1. The van der Waals surface area contributed by atoms with Gasteiger partial charge < -0.3 is 15.2 Å². The van der Waals surface area contributed by atoms with Crippen molar-refractivity contribution in [2.24, 2.45) is 5.92 Å². The first-order chi connectivity index (χ1) is 20.1. The molecule has 222 valence electrons. The Morgan fingerprint density at radius 2 is 1.81 bits per heavy atom. The van der Waals surface area contributed by atoms with Gasteiger partial charge in [-0.05, 0) is 47.7 Å². The highest BCUT2D eigenvalue weighted by atomic mass is 32.2. The Balaban J connectivity index is 1.55. The average Bonchev–Trinajstić information content (AvgIpc) is 3.38. The molecule has 1 aliphatic heterocycles. The van der Waals surface area contributed by atoms with E-state index in [1.807, 2.05) is 44.2 Å². The molecule has 0 aliphatic carbocycles. The molecule has 11 heteroatoms. The lowest BCUT2D eigenvalue weighted by Crippen LogP contribution is -2.53. The second-order valence-electron chi connectivity index (χ2n) is 10.5. The summed E-state index contributed by atoms with van der Waals surface area (Å²) in [4.78, 5) is 31.3. The maximum atomic E-state index is 13.7. The van der Waals surface area contributed by atoms with Crippen molar-refractivity contribution in [1.29, 1.82) is 0 Å². The third-order valence-electron chi connectivity index (χ3n) is 6.83. The lowest BCUT2D eigenvalue weighted by Gasteiger charge is -2.31. The lowest BCUT2D eigenvalue weighted by atomic mass is 10.0. The van der Waals surface area contributed by atoms with Crippen LogP contribution in [0.15, 0.2) is 90.5 Å². The molecule has 1 fully saturated rings. The Hall–Kier alpha value is -4.06. The van der Waals surface area contributed by atoms with Crippen LogP contribution in [0, 0.1) is 5.92 Å². The number of aliphatic hydroxyl groups is 1. The largest absolute Gasteiger partial charge is 0.434 e. The summed E-state index contributed by atoms with van der Waals surface area (Å²) in [7, 11) is -3.97. The maximum absolute atomic E-state index is 13.7. The predicted octanol–water partition coefficient (Wildman–Crippen LogP) is 3.49. The monoisotopic (exact) mass is 592 g/mol. The number of benzene rings is 2. The van der Waals surface area contributed by atoms with Gasteiger partial charge in [0.15, 0.2) is 6.10 Å². The molecule has 10 nitrogen and oxygen atoms in total. The average molecular weight is 593 g/mol. The Morgan fingerprint density at radius 3 is 2.43 bits per heavy atom. The van der Waals surface area contributed by atoms with Gasteiger partial charge in [0, 0.05) is 19.3 Å². The van der Waals surface area contributed by atoms with Crippen molar-refractivity contribution in [2.45, 2.75) is 43.4 Å². The minimum absolute atomic E-state index is 0.0305. The van der Waals surface area contributed by atoms with Crippen LogP contribution in [0.5, 0.6) is 0 Å². The van der Waals surface area contributed by atoms with Crippen molar-refractivity contribution in [1.82, 2.24) is 14.6 Å². The van der Waals surface area contributed by atoms with Crippen LogP contribution in [-0.2, 0) is 26.0 Å². The minimum Gasteiger partial charge on any atom is -0.434 e. The zero-order valence-electron chi connectivity index (χ0n) is 23.7. The summed E-state index contributed by atoms with van der Waals surface area (Å²) in [6.45, 7) is 7.34. The smallest absolute Gasteiger partial charge is 0.416 e. The molecular formula is C31H36N4O6S. The number of anilines is 1. The number of rotatable bonds is 13. The Labute approximate surface area is 246 Å². The van der Waals surface area contributed by atoms with Crippen molar-refractivity contribution in [3.63, 3.8) is 0 Å². The van der Waals surface area contributed by atoms with Gasteiger partial charge in [-0.15, -0.1) is 0 Å². The van der Waals surface area contributed by atoms with Crippen LogP contribution in [0.3, 0.4) is 0 Å². The number of amides is 2. The first kappa shape index (κ1) is 30.9. The molecule has 0 saturated carbocycles. The number of carbonyl (C=O) groups excluding carboxylic acids is 2. The minimum atomic E-state index is -3.97. The van der Waals surface area contributed by atoms with Crippen LogP contribution in [0.1, 0.15) is 25.0 Å². The zero-order chi connectivity index (χ0) is 30.3. The molecule has 4 rings (SSSR count). The number of hydrogen-bond acceptors (Lipinski definition) is 7. The van der Waals surface area contributed by atoms with Crippen LogP contribution < -0.4 is 10.2 Å². The van der Waals surface area contributed by atoms with Crippen molar-refractivity contribution in [2.75, 3.05) is 24.5 Å². The summed E-state index contributed by atoms with van der Waals surface area (Å²) in [6, 6.07) is 19.8. The number of aliphatic hydroxyl groups excluding tert-OH is 1. The molecule has 0 spiro atoms. The van der Waals surface area contributed by atoms with Gasteiger partial charge in [0.1, 0.15) is 5.82 Å². The highest BCUT2D eigenvalue weighted by Crippen LogP contribution is 2.22. The third-order valence-corrected chi connectivity index (χ3v) is 8.68. The fourth-order valence-corrected chi connectivity index (χ4v) is 6.29. The molecule has 1 aliphatic rings. The van der Waals surface area contributed by atoms with Crippen LogP contribution >= 0.6 is 0 Å².